The number of hydrogen-bond donors (Lipinski definition) is 4. The van der Waals surface area contributed by atoms with Crippen LogP contribution in [0.25, 0.3) is 0 Å². The van der Waals surface area contributed by atoms with Crippen molar-refractivity contribution in [3.05, 3.63) is 0 Å². The maximum Gasteiger partial charge on any atom is 0.466 e. The topological polar surface area (TPSA) is 115 Å². The van der Waals surface area contributed by atoms with E-state index in [9.17, 15) is 4.79 Å². The number of halogens is 1. The van der Waals surface area contributed by atoms with Crippen LogP contribution < -0.4 is 0 Å². The Bertz CT molecular complexity index is 153. The highest BCUT2D eigenvalue weighted by Gasteiger charge is 2.02. The van der Waals surface area contributed by atoms with E-state index >= 15 is 0 Å². The molecule has 4 N–H and O–H groups in total. The largest absolute Gasteiger partial charge is 0.480 e. The third-order valence-electron chi connectivity index (χ3n) is 0.340. The maximum atomic E-state index is 9.57. The third-order valence-corrected chi connectivity index (χ3v) is 0.527. The lowest BCUT2D eigenvalue weighted by molar-refractivity contribution is -0.136. The summed E-state index contributed by atoms with van der Waals surface area (Å²) >= 11 is 5.01. The third kappa shape index (κ3) is 40.8. The molecule has 0 radical (unpaired) electrons. The summed E-state index contributed by atoms with van der Waals surface area (Å²) in [6.07, 6.45) is 0. The van der Waals surface area contributed by atoms with Crippen LogP contribution in [0.2, 0.25) is 0 Å². The van der Waals surface area contributed by atoms with Gasteiger partial charge in [0.1, 0.15) is 5.38 Å². The Morgan fingerprint density at radius 1 is 1.45 bits per heavy atom. The highest BCUT2D eigenvalue weighted by molar-refractivity contribution is 7.45. The van der Waals surface area contributed by atoms with Crippen LogP contribution in [0.4, 0.5) is 0 Å². The van der Waals surface area contributed by atoms with Gasteiger partial charge in [0, 0.05) is 0 Å². The lowest BCUT2D eigenvalue weighted by atomic mass is 10.5. The molecular formula is C3H8ClO6P. The van der Waals surface area contributed by atoms with Crippen molar-refractivity contribution >= 4 is 25.4 Å². The average Bonchev–Trinajstić information content (AvgIpc) is 1.59. The Morgan fingerprint density at radius 2 is 1.55 bits per heavy atom. The van der Waals surface area contributed by atoms with E-state index in [0.717, 1.165) is 0 Å². The standard InChI is InChI=1S/C3H5ClO2.H3O4P/c1-2(4)3(5)6;1-5(2,3)4/h2H,1H3,(H,5,6);(H3,1,2,3,4). The van der Waals surface area contributed by atoms with Crippen molar-refractivity contribution in [1.29, 1.82) is 0 Å². The van der Waals surface area contributed by atoms with Crippen molar-refractivity contribution in [2.24, 2.45) is 0 Å². The van der Waals surface area contributed by atoms with Gasteiger partial charge in [0.05, 0.1) is 0 Å². The van der Waals surface area contributed by atoms with Crippen LogP contribution >= 0.6 is 19.4 Å². The van der Waals surface area contributed by atoms with Crippen LogP contribution in [0.3, 0.4) is 0 Å². The molecule has 0 aliphatic carbocycles. The predicted octanol–water partition coefficient (Wildman–Crippen LogP) is -0.230. The quantitative estimate of drug-likeness (QED) is 0.348. The number of hydrogen-bond acceptors (Lipinski definition) is 2. The minimum atomic E-state index is -4.64. The Labute approximate surface area is 67.7 Å². The van der Waals surface area contributed by atoms with E-state index in [0.29, 0.717) is 0 Å². The van der Waals surface area contributed by atoms with Gasteiger partial charge in [-0.15, -0.1) is 11.6 Å². The number of rotatable bonds is 1. The molecule has 0 aliphatic heterocycles. The molecule has 68 valence electrons. The molecule has 8 heteroatoms. The molecule has 1 unspecified atom stereocenters. The van der Waals surface area contributed by atoms with Crippen LogP contribution in [0.5, 0.6) is 0 Å². The predicted molar refractivity (Wildman–Crippen MR) is 37.2 cm³/mol. The molecule has 0 amide bonds. The number of phosphoric acid groups is 1. The van der Waals surface area contributed by atoms with E-state index < -0.39 is 19.2 Å². The van der Waals surface area contributed by atoms with E-state index in [1.165, 1.54) is 6.92 Å². The molecule has 0 bridgehead atoms. The zero-order valence-corrected chi connectivity index (χ0v) is 7.16. The lowest BCUT2D eigenvalue weighted by Gasteiger charge is -1.86. The summed E-state index contributed by atoms with van der Waals surface area (Å²) in [6, 6.07) is 0. The first-order chi connectivity index (χ1) is 4.64. The van der Waals surface area contributed by atoms with Gasteiger partial charge in [0.25, 0.3) is 0 Å². The maximum absolute atomic E-state index is 9.57. The zero-order valence-electron chi connectivity index (χ0n) is 5.51. The molecule has 0 aromatic rings. The van der Waals surface area contributed by atoms with Gasteiger partial charge in [-0.2, -0.15) is 0 Å². The van der Waals surface area contributed by atoms with Crippen LogP contribution in [0.15, 0.2) is 0 Å². The van der Waals surface area contributed by atoms with Crippen molar-refractivity contribution < 1.29 is 29.1 Å². The number of aliphatic carboxylic acids is 1. The molecule has 1 atom stereocenters. The lowest BCUT2D eigenvalue weighted by Crippen LogP contribution is -2.06. The number of carboxylic acid groups (broad SMARTS) is 1. The molecule has 0 aromatic carbocycles. The minimum absolute atomic E-state index is 0.759. The Morgan fingerprint density at radius 3 is 1.55 bits per heavy atom. The first-order valence-electron chi connectivity index (χ1n) is 2.29. The summed E-state index contributed by atoms with van der Waals surface area (Å²) in [5, 5.41) is 7.10. The fourth-order valence-electron chi connectivity index (χ4n) is 0. The zero-order chi connectivity index (χ0) is 9.65. The molecule has 0 rings (SSSR count). The van der Waals surface area contributed by atoms with Crippen LogP contribution in [0.1, 0.15) is 6.92 Å². The second-order valence-electron chi connectivity index (χ2n) is 1.47. The first kappa shape index (κ1) is 13.5. The van der Waals surface area contributed by atoms with Crippen LogP contribution in [-0.2, 0) is 9.36 Å². The van der Waals surface area contributed by atoms with Gasteiger partial charge in [-0.25, -0.2) is 4.57 Å². The van der Waals surface area contributed by atoms with Gasteiger partial charge in [-0.05, 0) is 6.92 Å². The highest BCUT2D eigenvalue weighted by atomic mass is 35.5. The van der Waals surface area contributed by atoms with Crippen molar-refractivity contribution in [3.8, 4) is 0 Å². The fourth-order valence-corrected chi connectivity index (χ4v) is 0. The summed E-state index contributed by atoms with van der Waals surface area (Å²) in [7, 11) is -4.64. The normalized spacial score (nSPS) is 12.8. The first-order valence-corrected chi connectivity index (χ1v) is 4.30. The Hall–Kier alpha value is -0.130. The average molecular weight is 207 g/mol. The molecule has 11 heavy (non-hydrogen) atoms. The molecule has 0 saturated heterocycles. The summed E-state index contributed by atoms with van der Waals surface area (Å²) in [6.45, 7) is 1.41. The molecule has 0 aromatic heterocycles. The fraction of sp³-hybridized carbons (Fsp3) is 0.667. The van der Waals surface area contributed by atoms with Gasteiger partial charge < -0.3 is 19.8 Å². The SMILES string of the molecule is CC(Cl)C(=O)O.O=P(O)(O)O. The van der Waals surface area contributed by atoms with Gasteiger partial charge in [-0.3, -0.25) is 4.79 Å². The van der Waals surface area contributed by atoms with Crippen molar-refractivity contribution in [1.82, 2.24) is 0 Å². The minimum Gasteiger partial charge on any atom is -0.480 e. The summed E-state index contributed by atoms with van der Waals surface area (Å²) in [5.41, 5.74) is 0. The van der Waals surface area contributed by atoms with Crippen molar-refractivity contribution in [2.75, 3.05) is 0 Å². The number of carbonyl (C=O) groups is 1. The molecule has 0 heterocycles. The van der Waals surface area contributed by atoms with Gasteiger partial charge in [-0.1, -0.05) is 0 Å². The van der Waals surface area contributed by atoms with E-state index in [-0.39, 0.29) is 0 Å². The van der Waals surface area contributed by atoms with Gasteiger partial charge in [0.2, 0.25) is 0 Å². The van der Waals surface area contributed by atoms with E-state index in [2.05, 4.69) is 0 Å². The van der Waals surface area contributed by atoms with E-state index in [1.807, 2.05) is 0 Å². The Kier molecular flexibility index (Phi) is 6.74. The summed E-state index contributed by atoms with van der Waals surface area (Å²) in [4.78, 5) is 31.1. The van der Waals surface area contributed by atoms with Crippen molar-refractivity contribution in [2.45, 2.75) is 12.3 Å². The number of alkyl halides is 1. The van der Waals surface area contributed by atoms with E-state index in [1.54, 1.807) is 0 Å². The van der Waals surface area contributed by atoms with Crippen LogP contribution in [-0.4, -0.2) is 31.1 Å². The second kappa shape index (κ2) is 5.51. The van der Waals surface area contributed by atoms with Crippen LogP contribution in [0, 0.1) is 0 Å². The molecule has 0 spiro atoms. The molecule has 0 aliphatic rings. The number of carboxylic acids is 1. The Balaban J connectivity index is 0. The summed E-state index contributed by atoms with van der Waals surface area (Å²) in [5.74, 6) is -0.975. The van der Waals surface area contributed by atoms with Crippen molar-refractivity contribution in [3.63, 3.8) is 0 Å². The summed E-state index contributed by atoms with van der Waals surface area (Å²) < 4.78 is 8.88. The van der Waals surface area contributed by atoms with Gasteiger partial charge in [0.15, 0.2) is 0 Å². The smallest absolute Gasteiger partial charge is 0.466 e. The van der Waals surface area contributed by atoms with Gasteiger partial charge >= 0.3 is 13.8 Å². The van der Waals surface area contributed by atoms with E-state index in [4.69, 9.17) is 36.0 Å². The molecule has 0 saturated carbocycles. The molecule has 6 nitrogen and oxygen atoms in total. The second-order valence-corrected chi connectivity index (χ2v) is 3.15. The monoisotopic (exact) mass is 206 g/mol. The molecule has 0 fully saturated rings. The molecular weight excluding hydrogens is 198 g/mol. The highest BCUT2D eigenvalue weighted by Crippen LogP contribution is 2.25.